The Morgan fingerprint density at radius 2 is 1.75 bits per heavy atom. The van der Waals surface area contributed by atoms with E-state index in [0.717, 1.165) is 17.9 Å². The van der Waals surface area contributed by atoms with Gasteiger partial charge in [0.15, 0.2) is 0 Å². The average molecular weight is 223 g/mol. The predicted molar refractivity (Wildman–Crippen MR) is 70.6 cm³/mol. The fraction of sp³-hybridized carbons (Fsp3) is 1.00. The van der Waals surface area contributed by atoms with E-state index in [2.05, 4.69) is 12.2 Å². The Balaban J connectivity index is 1.56. The number of rotatable bonds is 4. The molecule has 0 aromatic carbocycles. The molecule has 0 aliphatic heterocycles. The first kappa shape index (κ1) is 12.4. The van der Waals surface area contributed by atoms with E-state index < -0.39 is 0 Å². The van der Waals surface area contributed by atoms with Crippen molar-refractivity contribution in [3.05, 3.63) is 0 Å². The second-order valence-electron chi connectivity index (χ2n) is 6.22. The maximum atomic E-state index is 3.80. The van der Waals surface area contributed by atoms with Crippen molar-refractivity contribution in [2.45, 2.75) is 77.2 Å². The fourth-order valence-corrected chi connectivity index (χ4v) is 3.59. The van der Waals surface area contributed by atoms with E-state index in [-0.39, 0.29) is 0 Å². The summed E-state index contributed by atoms with van der Waals surface area (Å²) < 4.78 is 0. The molecule has 0 radical (unpaired) electrons. The molecule has 1 heteroatoms. The smallest absolute Gasteiger partial charge is 0.00696 e. The Morgan fingerprint density at radius 1 is 0.938 bits per heavy atom. The van der Waals surface area contributed by atoms with Crippen LogP contribution in [0.2, 0.25) is 0 Å². The molecule has 16 heavy (non-hydrogen) atoms. The molecular formula is C15H29N. The van der Waals surface area contributed by atoms with Crippen molar-refractivity contribution in [1.29, 1.82) is 0 Å². The van der Waals surface area contributed by atoms with Crippen molar-refractivity contribution < 1.29 is 0 Å². The largest absolute Gasteiger partial charge is 0.314 e. The summed E-state index contributed by atoms with van der Waals surface area (Å²) in [5.41, 5.74) is 0. The molecule has 0 spiro atoms. The summed E-state index contributed by atoms with van der Waals surface area (Å²) in [6, 6.07) is 0.840. The van der Waals surface area contributed by atoms with E-state index in [1.165, 1.54) is 70.8 Å². The second kappa shape index (κ2) is 6.64. The Labute approximate surface area is 101 Å². The number of nitrogens with one attached hydrogen (secondary N) is 1. The van der Waals surface area contributed by atoms with Crippen molar-refractivity contribution >= 4 is 0 Å². The van der Waals surface area contributed by atoms with E-state index in [0.29, 0.717) is 0 Å². The molecule has 2 atom stereocenters. The van der Waals surface area contributed by atoms with Crippen LogP contribution >= 0.6 is 0 Å². The minimum atomic E-state index is 0.840. The van der Waals surface area contributed by atoms with E-state index in [1.807, 2.05) is 0 Å². The van der Waals surface area contributed by atoms with Crippen molar-refractivity contribution in [3.63, 3.8) is 0 Å². The number of hydrogen-bond acceptors (Lipinski definition) is 1. The fourth-order valence-electron chi connectivity index (χ4n) is 3.59. The third-order valence-electron chi connectivity index (χ3n) is 4.65. The molecule has 0 heterocycles. The van der Waals surface area contributed by atoms with E-state index >= 15 is 0 Å². The molecule has 2 aliphatic carbocycles. The lowest BCUT2D eigenvalue weighted by Gasteiger charge is -2.29. The van der Waals surface area contributed by atoms with Crippen molar-refractivity contribution in [2.24, 2.45) is 11.8 Å². The molecule has 0 bridgehead atoms. The van der Waals surface area contributed by atoms with Crippen LogP contribution in [0.15, 0.2) is 0 Å². The summed E-state index contributed by atoms with van der Waals surface area (Å²) in [4.78, 5) is 0. The highest BCUT2D eigenvalue weighted by molar-refractivity contribution is 4.76. The molecule has 2 rings (SSSR count). The van der Waals surface area contributed by atoms with Crippen molar-refractivity contribution in [3.8, 4) is 0 Å². The highest BCUT2D eigenvalue weighted by Gasteiger charge is 2.19. The molecule has 1 N–H and O–H groups in total. The van der Waals surface area contributed by atoms with E-state index in [9.17, 15) is 0 Å². The van der Waals surface area contributed by atoms with Gasteiger partial charge in [0.1, 0.15) is 0 Å². The van der Waals surface area contributed by atoms with Gasteiger partial charge in [-0.2, -0.15) is 0 Å². The van der Waals surface area contributed by atoms with Gasteiger partial charge in [-0.1, -0.05) is 51.9 Å². The lowest BCUT2D eigenvalue weighted by molar-refractivity contribution is 0.282. The first-order chi connectivity index (χ1) is 7.84. The molecule has 0 saturated heterocycles. The maximum Gasteiger partial charge on any atom is 0.00696 e. The highest BCUT2D eigenvalue weighted by atomic mass is 14.9. The van der Waals surface area contributed by atoms with Crippen LogP contribution in [0.1, 0.15) is 71.1 Å². The summed E-state index contributed by atoms with van der Waals surface area (Å²) in [6.07, 6.45) is 14.7. The summed E-state index contributed by atoms with van der Waals surface area (Å²) in [5.74, 6) is 2.00. The minimum Gasteiger partial charge on any atom is -0.314 e. The van der Waals surface area contributed by atoms with Gasteiger partial charge >= 0.3 is 0 Å². The Morgan fingerprint density at radius 3 is 2.50 bits per heavy atom. The third-order valence-corrected chi connectivity index (χ3v) is 4.65. The molecule has 2 saturated carbocycles. The Kier molecular flexibility index (Phi) is 5.15. The van der Waals surface area contributed by atoms with Gasteiger partial charge < -0.3 is 5.32 Å². The minimum absolute atomic E-state index is 0.840. The van der Waals surface area contributed by atoms with Crippen LogP contribution in [0.25, 0.3) is 0 Å². The van der Waals surface area contributed by atoms with Crippen LogP contribution in [0.4, 0.5) is 0 Å². The van der Waals surface area contributed by atoms with Gasteiger partial charge in [0, 0.05) is 6.04 Å². The average Bonchev–Trinajstić information content (AvgIpc) is 2.30. The van der Waals surface area contributed by atoms with Gasteiger partial charge in [0.2, 0.25) is 0 Å². The van der Waals surface area contributed by atoms with Crippen LogP contribution in [0, 0.1) is 11.8 Å². The molecule has 2 unspecified atom stereocenters. The summed E-state index contributed by atoms with van der Waals surface area (Å²) in [6.45, 7) is 3.69. The normalized spacial score (nSPS) is 32.8. The SMILES string of the molecule is CC1CCCC(NCCC2CCCCC2)C1. The zero-order valence-electron chi connectivity index (χ0n) is 11.0. The highest BCUT2D eigenvalue weighted by Crippen LogP contribution is 2.27. The van der Waals surface area contributed by atoms with Crippen molar-refractivity contribution in [2.75, 3.05) is 6.54 Å². The molecule has 0 amide bonds. The molecule has 2 fully saturated rings. The third kappa shape index (κ3) is 4.08. The molecular weight excluding hydrogens is 194 g/mol. The Bertz CT molecular complexity index is 184. The van der Waals surface area contributed by atoms with Gasteiger partial charge in [-0.15, -0.1) is 0 Å². The maximum absolute atomic E-state index is 3.80. The topological polar surface area (TPSA) is 12.0 Å². The van der Waals surface area contributed by atoms with Crippen LogP contribution in [-0.2, 0) is 0 Å². The van der Waals surface area contributed by atoms with E-state index in [1.54, 1.807) is 0 Å². The van der Waals surface area contributed by atoms with Gasteiger partial charge in [0.05, 0.1) is 0 Å². The Hall–Kier alpha value is -0.0400. The summed E-state index contributed by atoms with van der Waals surface area (Å²) >= 11 is 0. The lowest BCUT2D eigenvalue weighted by Crippen LogP contribution is -2.34. The van der Waals surface area contributed by atoms with E-state index in [4.69, 9.17) is 0 Å². The zero-order valence-corrected chi connectivity index (χ0v) is 11.0. The van der Waals surface area contributed by atoms with Crippen LogP contribution in [0.5, 0.6) is 0 Å². The predicted octanol–water partition coefficient (Wildman–Crippen LogP) is 4.13. The van der Waals surface area contributed by atoms with Gasteiger partial charge in [-0.05, 0) is 37.6 Å². The molecule has 0 aromatic heterocycles. The summed E-state index contributed by atoms with van der Waals surface area (Å²) in [7, 11) is 0. The van der Waals surface area contributed by atoms with Gasteiger partial charge in [-0.25, -0.2) is 0 Å². The van der Waals surface area contributed by atoms with Gasteiger partial charge in [-0.3, -0.25) is 0 Å². The van der Waals surface area contributed by atoms with Crippen LogP contribution < -0.4 is 5.32 Å². The first-order valence-corrected chi connectivity index (χ1v) is 7.58. The quantitative estimate of drug-likeness (QED) is 0.756. The molecule has 0 aromatic rings. The second-order valence-corrected chi connectivity index (χ2v) is 6.22. The standard InChI is InChI=1S/C15H29N/c1-13-6-5-9-15(12-13)16-11-10-14-7-3-2-4-8-14/h13-16H,2-12H2,1H3. The molecule has 94 valence electrons. The first-order valence-electron chi connectivity index (χ1n) is 7.58. The lowest BCUT2D eigenvalue weighted by atomic mass is 9.85. The van der Waals surface area contributed by atoms with Crippen LogP contribution in [0.3, 0.4) is 0 Å². The molecule has 2 aliphatic rings. The zero-order chi connectivity index (χ0) is 11.2. The van der Waals surface area contributed by atoms with Gasteiger partial charge in [0.25, 0.3) is 0 Å². The number of hydrogen-bond donors (Lipinski definition) is 1. The van der Waals surface area contributed by atoms with Crippen molar-refractivity contribution in [1.82, 2.24) is 5.32 Å². The monoisotopic (exact) mass is 223 g/mol. The summed E-state index contributed by atoms with van der Waals surface area (Å²) in [5, 5.41) is 3.80. The van der Waals surface area contributed by atoms with Crippen LogP contribution in [-0.4, -0.2) is 12.6 Å². The molecule has 1 nitrogen and oxygen atoms in total.